The van der Waals surface area contributed by atoms with E-state index in [-0.39, 0.29) is 5.91 Å². The lowest BCUT2D eigenvalue weighted by molar-refractivity contribution is -0.117. The standard InChI is InChI=1S/C24H27N3O/c1-26(17-19-12-13-20-8-2-3-9-21(20)16-19)18-24(28)25-22-10-4-5-11-23(22)27-14-6-7-15-27/h2-5,8-13,16H,6-7,14-15,17-18H2,1H3,(H,25,28). The van der Waals surface area contributed by atoms with Gasteiger partial charge in [0.1, 0.15) is 0 Å². The normalized spacial score (nSPS) is 14.0. The first-order valence-corrected chi connectivity index (χ1v) is 9.99. The van der Waals surface area contributed by atoms with E-state index in [0.717, 1.165) is 31.0 Å². The number of hydrogen-bond donors (Lipinski definition) is 1. The zero-order valence-corrected chi connectivity index (χ0v) is 16.4. The topological polar surface area (TPSA) is 35.6 Å². The number of amides is 1. The molecule has 0 spiro atoms. The van der Waals surface area contributed by atoms with Gasteiger partial charge in [-0.3, -0.25) is 9.69 Å². The van der Waals surface area contributed by atoms with Crippen LogP contribution in [0.25, 0.3) is 10.8 Å². The second-order valence-electron chi connectivity index (χ2n) is 7.61. The van der Waals surface area contributed by atoms with Crippen LogP contribution in [0.15, 0.2) is 66.7 Å². The third-order valence-corrected chi connectivity index (χ3v) is 5.30. The zero-order chi connectivity index (χ0) is 19.3. The van der Waals surface area contributed by atoms with Crippen molar-refractivity contribution in [1.82, 2.24) is 4.90 Å². The summed E-state index contributed by atoms with van der Waals surface area (Å²) >= 11 is 0. The number of benzene rings is 3. The Hall–Kier alpha value is -2.85. The van der Waals surface area contributed by atoms with Gasteiger partial charge >= 0.3 is 0 Å². The van der Waals surface area contributed by atoms with E-state index in [9.17, 15) is 4.79 Å². The Kier molecular flexibility index (Phi) is 5.58. The van der Waals surface area contributed by atoms with Crippen LogP contribution in [-0.2, 0) is 11.3 Å². The van der Waals surface area contributed by atoms with Gasteiger partial charge in [0, 0.05) is 19.6 Å². The number of likely N-dealkylation sites (N-methyl/N-ethyl adjacent to an activating group) is 1. The lowest BCUT2D eigenvalue weighted by Gasteiger charge is -2.22. The predicted octanol–water partition coefficient (Wildman–Crippen LogP) is 4.51. The molecule has 1 amide bonds. The first-order valence-electron chi connectivity index (χ1n) is 9.99. The number of nitrogens with zero attached hydrogens (tertiary/aromatic N) is 2. The molecule has 144 valence electrons. The number of nitrogens with one attached hydrogen (secondary N) is 1. The molecule has 1 N–H and O–H groups in total. The highest BCUT2D eigenvalue weighted by Gasteiger charge is 2.17. The number of anilines is 2. The molecule has 0 saturated carbocycles. The SMILES string of the molecule is CN(CC(=O)Nc1ccccc1N1CCCC1)Cc1ccc2ccccc2c1. The largest absolute Gasteiger partial charge is 0.370 e. The summed E-state index contributed by atoms with van der Waals surface area (Å²) in [5.41, 5.74) is 3.26. The van der Waals surface area contributed by atoms with Crippen molar-refractivity contribution >= 4 is 28.1 Å². The number of rotatable bonds is 6. The molecular formula is C24H27N3O. The van der Waals surface area contributed by atoms with Gasteiger partial charge in [0.05, 0.1) is 17.9 Å². The van der Waals surface area contributed by atoms with Crippen molar-refractivity contribution in [3.63, 3.8) is 0 Å². The summed E-state index contributed by atoms with van der Waals surface area (Å²) in [6.45, 7) is 3.23. The van der Waals surface area contributed by atoms with E-state index < -0.39 is 0 Å². The summed E-state index contributed by atoms with van der Waals surface area (Å²) in [6, 6.07) is 22.9. The van der Waals surface area contributed by atoms with Crippen LogP contribution >= 0.6 is 0 Å². The molecule has 4 nitrogen and oxygen atoms in total. The maximum atomic E-state index is 12.6. The van der Waals surface area contributed by atoms with E-state index in [4.69, 9.17) is 0 Å². The zero-order valence-electron chi connectivity index (χ0n) is 16.4. The third kappa shape index (κ3) is 4.34. The summed E-state index contributed by atoms with van der Waals surface area (Å²) in [4.78, 5) is 17.0. The Balaban J connectivity index is 1.38. The van der Waals surface area contributed by atoms with Gasteiger partial charge in [-0.2, -0.15) is 0 Å². The van der Waals surface area contributed by atoms with E-state index in [0.29, 0.717) is 6.54 Å². The van der Waals surface area contributed by atoms with Crippen LogP contribution in [0.4, 0.5) is 11.4 Å². The monoisotopic (exact) mass is 373 g/mol. The van der Waals surface area contributed by atoms with Crippen molar-refractivity contribution in [2.24, 2.45) is 0 Å². The van der Waals surface area contributed by atoms with E-state index in [2.05, 4.69) is 63.6 Å². The summed E-state index contributed by atoms with van der Waals surface area (Å²) in [6.07, 6.45) is 2.44. The maximum Gasteiger partial charge on any atom is 0.238 e. The van der Waals surface area contributed by atoms with E-state index >= 15 is 0 Å². The molecule has 1 aliphatic heterocycles. The molecule has 3 aromatic carbocycles. The van der Waals surface area contributed by atoms with Gasteiger partial charge in [-0.25, -0.2) is 0 Å². The van der Waals surface area contributed by atoms with Gasteiger partial charge < -0.3 is 10.2 Å². The van der Waals surface area contributed by atoms with Gasteiger partial charge in [-0.15, -0.1) is 0 Å². The number of fused-ring (bicyclic) bond motifs is 1. The molecule has 1 heterocycles. The van der Waals surface area contributed by atoms with E-state index in [1.54, 1.807) is 0 Å². The first-order chi connectivity index (χ1) is 13.7. The Bertz CT molecular complexity index is 963. The van der Waals surface area contributed by atoms with Crippen LogP contribution < -0.4 is 10.2 Å². The quantitative estimate of drug-likeness (QED) is 0.690. The second-order valence-corrected chi connectivity index (χ2v) is 7.61. The molecule has 0 aromatic heterocycles. The lowest BCUT2D eigenvalue weighted by atomic mass is 10.1. The predicted molar refractivity (Wildman–Crippen MR) is 117 cm³/mol. The molecule has 1 aliphatic rings. The molecule has 4 heteroatoms. The molecule has 1 fully saturated rings. The smallest absolute Gasteiger partial charge is 0.238 e. The van der Waals surface area contributed by atoms with Crippen LogP contribution in [0.1, 0.15) is 18.4 Å². The van der Waals surface area contributed by atoms with Crippen molar-refractivity contribution in [3.8, 4) is 0 Å². The first kappa shape index (κ1) is 18.5. The Morgan fingerprint density at radius 1 is 0.964 bits per heavy atom. The molecule has 3 aromatic rings. The van der Waals surface area contributed by atoms with Gasteiger partial charge in [0.15, 0.2) is 0 Å². The molecular weight excluding hydrogens is 346 g/mol. The van der Waals surface area contributed by atoms with Crippen LogP contribution in [0, 0.1) is 0 Å². The van der Waals surface area contributed by atoms with Crippen LogP contribution in [0.2, 0.25) is 0 Å². The summed E-state index contributed by atoms with van der Waals surface area (Å²) in [5, 5.41) is 5.59. The van der Waals surface area contributed by atoms with Gasteiger partial charge in [0.2, 0.25) is 5.91 Å². The molecule has 0 bridgehead atoms. The molecule has 0 aliphatic carbocycles. The molecule has 0 radical (unpaired) electrons. The van der Waals surface area contributed by atoms with Crippen LogP contribution in [0.3, 0.4) is 0 Å². The van der Waals surface area contributed by atoms with Crippen LogP contribution in [-0.4, -0.2) is 37.5 Å². The summed E-state index contributed by atoms with van der Waals surface area (Å²) in [7, 11) is 1.99. The van der Waals surface area contributed by atoms with Gasteiger partial charge in [-0.1, -0.05) is 48.5 Å². The average Bonchev–Trinajstić information content (AvgIpc) is 3.22. The average molecular weight is 374 g/mol. The lowest BCUT2D eigenvalue weighted by Crippen LogP contribution is -2.30. The maximum absolute atomic E-state index is 12.6. The Labute approximate surface area is 166 Å². The molecule has 0 unspecified atom stereocenters. The molecule has 28 heavy (non-hydrogen) atoms. The van der Waals surface area contributed by atoms with Crippen molar-refractivity contribution in [2.45, 2.75) is 19.4 Å². The number of carbonyl (C=O) groups is 1. The summed E-state index contributed by atoms with van der Waals surface area (Å²) in [5.74, 6) is 0.0231. The summed E-state index contributed by atoms with van der Waals surface area (Å²) < 4.78 is 0. The fourth-order valence-corrected chi connectivity index (χ4v) is 3.95. The molecule has 1 saturated heterocycles. The van der Waals surface area contributed by atoms with Crippen molar-refractivity contribution in [3.05, 3.63) is 72.3 Å². The number of hydrogen-bond acceptors (Lipinski definition) is 3. The fraction of sp³-hybridized carbons (Fsp3) is 0.292. The Morgan fingerprint density at radius 2 is 1.68 bits per heavy atom. The van der Waals surface area contributed by atoms with Crippen molar-refractivity contribution in [2.75, 3.05) is 36.9 Å². The van der Waals surface area contributed by atoms with Crippen LogP contribution in [0.5, 0.6) is 0 Å². The molecule has 0 atom stereocenters. The second kappa shape index (κ2) is 8.44. The third-order valence-electron chi connectivity index (χ3n) is 5.30. The van der Waals surface area contributed by atoms with Crippen molar-refractivity contribution < 1.29 is 4.79 Å². The number of carbonyl (C=O) groups excluding carboxylic acids is 1. The minimum Gasteiger partial charge on any atom is -0.370 e. The van der Waals surface area contributed by atoms with E-state index in [1.807, 2.05) is 25.2 Å². The Morgan fingerprint density at radius 3 is 2.50 bits per heavy atom. The van der Waals surface area contributed by atoms with E-state index in [1.165, 1.54) is 29.2 Å². The highest BCUT2D eigenvalue weighted by atomic mass is 16.2. The number of para-hydroxylation sites is 2. The molecule has 4 rings (SSSR count). The minimum absolute atomic E-state index is 0.0231. The van der Waals surface area contributed by atoms with Gasteiger partial charge in [-0.05, 0) is 54.4 Å². The highest BCUT2D eigenvalue weighted by molar-refractivity contribution is 5.95. The fourth-order valence-electron chi connectivity index (χ4n) is 3.95. The van der Waals surface area contributed by atoms with Crippen molar-refractivity contribution in [1.29, 1.82) is 0 Å². The van der Waals surface area contributed by atoms with Gasteiger partial charge in [0.25, 0.3) is 0 Å². The minimum atomic E-state index is 0.0231. The highest BCUT2D eigenvalue weighted by Crippen LogP contribution is 2.28.